The summed E-state index contributed by atoms with van der Waals surface area (Å²) in [5.41, 5.74) is 1.59. The van der Waals surface area contributed by atoms with E-state index in [2.05, 4.69) is 24.5 Å². The van der Waals surface area contributed by atoms with Crippen molar-refractivity contribution in [2.75, 3.05) is 24.3 Å². The lowest BCUT2D eigenvalue weighted by Crippen LogP contribution is -2.58. The summed E-state index contributed by atoms with van der Waals surface area (Å²) in [6.45, 7) is 7.02. The second-order valence-corrected chi connectivity index (χ2v) is 5.97. The van der Waals surface area contributed by atoms with Crippen molar-refractivity contribution in [2.24, 2.45) is 5.41 Å². The normalized spacial score (nSPS) is 23.2. The van der Waals surface area contributed by atoms with Crippen molar-refractivity contribution >= 4 is 17.1 Å². The highest BCUT2D eigenvalue weighted by Crippen LogP contribution is 2.44. The molecule has 1 aromatic rings. The molecular formula is C15H23N3O3. The van der Waals surface area contributed by atoms with Crippen molar-refractivity contribution < 1.29 is 9.66 Å². The van der Waals surface area contributed by atoms with Crippen LogP contribution in [0.1, 0.15) is 27.2 Å². The maximum atomic E-state index is 11.0. The van der Waals surface area contributed by atoms with Crippen molar-refractivity contribution in [2.45, 2.75) is 39.3 Å². The number of nitrogens with one attached hydrogen (secondary N) is 2. The first-order valence-electron chi connectivity index (χ1n) is 7.23. The molecule has 6 heteroatoms. The number of nitrogens with zero attached hydrogens (tertiary/aromatic N) is 1. The number of nitro groups is 1. The minimum absolute atomic E-state index is 0.0143. The number of anilines is 2. The molecule has 21 heavy (non-hydrogen) atoms. The van der Waals surface area contributed by atoms with E-state index in [-0.39, 0.29) is 28.2 Å². The largest absolute Gasteiger partial charge is 0.388 e. The predicted octanol–water partition coefficient (Wildman–Crippen LogP) is 3.25. The fraction of sp³-hybridized carbons (Fsp3) is 0.600. The SMILES string of the molecule is CCOC1CC(Nc2cc(NC)cc([N+](=O)[O-])c2)C1(C)C. The molecule has 0 spiro atoms. The molecule has 0 heterocycles. The molecule has 0 saturated heterocycles. The second kappa shape index (κ2) is 5.89. The zero-order chi connectivity index (χ0) is 15.6. The molecule has 2 N–H and O–H groups in total. The average molecular weight is 293 g/mol. The number of nitro benzene ring substituents is 1. The van der Waals surface area contributed by atoms with Gasteiger partial charge < -0.3 is 15.4 Å². The molecular weight excluding hydrogens is 270 g/mol. The van der Waals surface area contributed by atoms with Crippen LogP contribution in [-0.4, -0.2) is 30.7 Å². The van der Waals surface area contributed by atoms with E-state index in [1.807, 2.05) is 13.0 Å². The van der Waals surface area contributed by atoms with Gasteiger partial charge in [-0.15, -0.1) is 0 Å². The van der Waals surface area contributed by atoms with Crippen molar-refractivity contribution in [3.05, 3.63) is 28.3 Å². The lowest BCUT2D eigenvalue weighted by Gasteiger charge is -2.52. The van der Waals surface area contributed by atoms with Crippen LogP contribution in [0.3, 0.4) is 0 Å². The lowest BCUT2D eigenvalue weighted by molar-refractivity contribution is -0.384. The molecule has 1 aliphatic carbocycles. The summed E-state index contributed by atoms with van der Waals surface area (Å²) in [4.78, 5) is 10.6. The van der Waals surface area contributed by atoms with Crippen LogP contribution < -0.4 is 10.6 Å². The van der Waals surface area contributed by atoms with Crippen LogP contribution >= 0.6 is 0 Å². The van der Waals surface area contributed by atoms with Crippen LogP contribution in [0.15, 0.2) is 18.2 Å². The Balaban J connectivity index is 2.13. The van der Waals surface area contributed by atoms with E-state index in [0.29, 0.717) is 6.61 Å². The molecule has 1 fully saturated rings. The molecule has 0 radical (unpaired) electrons. The Hall–Kier alpha value is -1.82. The zero-order valence-electron chi connectivity index (χ0n) is 13.0. The minimum Gasteiger partial charge on any atom is -0.388 e. The highest BCUT2D eigenvalue weighted by Gasteiger charge is 2.48. The Bertz CT molecular complexity index is 531. The third-order valence-corrected chi connectivity index (χ3v) is 4.30. The topological polar surface area (TPSA) is 76.4 Å². The standard InChI is InChI=1S/C15H23N3O3/c1-5-21-14-9-13(15(14,2)3)17-11-6-10(16-4)7-12(8-11)18(19)20/h6-8,13-14,16-17H,5,9H2,1-4H3. The van der Waals surface area contributed by atoms with Gasteiger partial charge in [0.25, 0.3) is 5.69 Å². The van der Waals surface area contributed by atoms with Gasteiger partial charge in [-0.05, 0) is 19.4 Å². The van der Waals surface area contributed by atoms with E-state index < -0.39 is 0 Å². The Morgan fingerprint density at radius 3 is 2.57 bits per heavy atom. The highest BCUT2D eigenvalue weighted by molar-refractivity contribution is 5.63. The lowest BCUT2D eigenvalue weighted by atomic mass is 9.64. The fourth-order valence-electron chi connectivity index (χ4n) is 2.76. The summed E-state index contributed by atoms with van der Waals surface area (Å²) in [7, 11) is 1.75. The van der Waals surface area contributed by atoms with Gasteiger partial charge in [-0.2, -0.15) is 0 Å². The Kier molecular flexibility index (Phi) is 4.37. The number of hydrogen-bond donors (Lipinski definition) is 2. The van der Waals surface area contributed by atoms with Gasteiger partial charge in [-0.25, -0.2) is 0 Å². The van der Waals surface area contributed by atoms with Crippen LogP contribution in [0.2, 0.25) is 0 Å². The number of non-ortho nitro benzene ring substituents is 1. The van der Waals surface area contributed by atoms with Crippen molar-refractivity contribution in [3.63, 3.8) is 0 Å². The zero-order valence-corrected chi connectivity index (χ0v) is 13.0. The predicted molar refractivity (Wildman–Crippen MR) is 83.9 cm³/mol. The molecule has 0 aromatic heterocycles. The molecule has 1 saturated carbocycles. The minimum atomic E-state index is -0.374. The summed E-state index contributed by atoms with van der Waals surface area (Å²) in [5, 5.41) is 17.3. The second-order valence-electron chi connectivity index (χ2n) is 5.97. The van der Waals surface area contributed by atoms with Gasteiger partial charge in [-0.3, -0.25) is 10.1 Å². The molecule has 116 valence electrons. The van der Waals surface area contributed by atoms with Crippen molar-refractivity contribution in [1.82, 2.24) is 0 Å². The average Bonchev–Trinajstić information content (AvgIpc) is 2.45. The smallest absolute Gasteiger partial charge is 0.273 e. The Labute approximate surface area is 125 Å². The maximum absolute atomic E-state index is 11.0. The first kappa shape index (κ1) is 15.6. The van der Waals surface area contributed by atoms with E-state index in [1.165, 1.54) is 6.07 Å². The van der Waals surface area contributed by atoms with Gasteiger partial charge in [0.2, 0.25) is 0 Å². The number of rotatable bonds is 6. The van der Waals surface area contributed by atoms with Gasteiger partial charge in [0.05, 0.1) is 11.0 Å². The van der Waals surface area contributed by atoms with Gasteiger partial charge in [0.15, 0.2) is 0 Å². The monoisotopic (exact) mass is 293 g/mol. The molecule has 2 rings (SSSR count). The first-order chi connectivity index (χ1) is 9.88. The summed E-state index contributed by atoms with van der Waals surface area (Å²) in [5.74, 6) is 0. The molecule has 0 amide bonds. The van der Waals surface area contributed by atoms with Crippen LogP contribution in [-0.2, 0) is 4.74 Å². The molecule has 6 nitrogen and oxygen atoms in total. The summed E-state index contributed by atoms with van der Waals surface area (Å²) in [6, 6.07) is 5.24. The van der Waals surface area contributed by atoms with E-state index in [9.17, 15) is 10.1 Å². The van der Waals surface area contributed by atoms with Gasteiger partial charge in [-0.1, -0.05) is 13.8 Å². The third-order valence-electron chi connectivity index (χ3n) is 4.30. The van der Waals surface area contributed by atoms with Crippen LogP contribution in [0, 0.1) is 15.5 Å². The first-order valence-corrected chi connectivity index (χ1v) is 7.23. The van der Waals surface area contributed by atoms with E-state index in [1.54, 1.807) is 13.1 Å². The highest BCUT2D eigenvalue weighted by atomic mass is 16.6. The molecule has 1 aliphatic rings. The molecule has 1 aromatic carbocycles. The van der Waals surface area contributed by atoms with Crippen LogP contribution in [0.4, 0.5) is 17.1 Å². The molecule has 0 bridgehead atoms. The van der Waals surface area contributed by atoms with E-state index in [0.717, 1.165) is 17.8 Å². The number of hydrogen-bond acceptors (Lipinski definition) is 5. The summed E-state index contributed by atoms with van der Waals surface area (Å²) in [6.07, 6.45) is 1.15. The molecule has 2 unspecified atom stereocenters. The quantitative estimate of drug-likeness (QED) is 0.622. The molecule has 2 atom stereocenters. The fourth-order valence-corrected chi connectivity index (χ4v) is 2.76. The van der Waals surface area contributed by atoms with Gasteiger partial charge in [0.1, 0.15) is 0 Å². The Morgan fingerprint density at radius 2 is 2.05 bits per heavy atom. The van der Waals surface area contributed by atoms with E-state index >= 15 is 0 Å². The Morgan fingerprint density at radius 1 is 1.38 bits per heavy atom. The summed E-state index contributed by atoms with van der Waals surface area (Å²) >= 11 is 0. The van der Waals surface area contributed by atoms with Gasteiger partial charge in [0, 0.05) is 48.6 Å². The third kappa shape index (κ3) is 3.10. The maximum Gasteiger partial charge on any atom is 0.273 e. The van der Waals surface area contributed by atoms with Gasteiger partial charge >= 0.3 is 0 Å². The number of ether oxygens (including phenoxy) is 1. The van der Waals surface area contributed by atoms with Crippen molar-refractivity contribution in [1.29, 1.82) is 0 Å². The number of benzene rings is 1. The summed E-state index contributed by atoms with van der Waals surface area (Å²) < 4.78 is 5.71. The van der Waals surface area contributed by atoms with Crippen molar-refractivity contribution in [3.8, 4) is 0 Å². The van der Waals surface area contributed by atoms with E-state index in [4.69, 9.17) is 4.74 Å². The van der Waals surface area contributed by atoms with Crippen LogP contribution in [0.5, 0.6) is 0 Å². The molecule has 0 aliphatic heterocycles. The van der Waals surface area contributed by atoms with Crippen LogP contribution in [0.25, 0.3) is 0 Å².